The van der Waals surface area contributed by atoms with Crippen LogP contribution in [0.5, 0.6) is 0 Å². The zero-order valence-electron chi connectivity index (χ0n) is 11.4. The Balaban J connectivity index is 2.00. The van der Waals surface area contributed by atoms with Crippen molar-refractivity contribution < 1.29 is 13.9 Å². The first-order valence-corrected chi connectivity index (χ1v) is 7.13. The van der Waals surface area contributed by atoms with Crippen molar-refractivity contribution in [1.82, 2.24) is 5.32 Å². The molecule has 106 valence electrons. The summed E-state index contributed by atoms with van der Waals surface area (Å²) in [5.74, 6) is -1.21. The molecule has 0 radical (unpaired) electrons. The number of benzene rings is 1. The third kappa shape index (κ3) is 3.43. The highest BCUT2D eigenvalue weighted by Gasteiger charge is 2.12. The van der Waals surface area contributed by atoms with Crippen molar-refractivity contribution in [2.45, 2.75) is 19.5 Å². The molecule has 1 aromatic heterocycles. The van der Waals surface area contributed by atoms with Crippen LogP contribution in [-0.2, 0) is 11.3 Å². The number of methoxy groups -OCH3 is 1. The highest BCUT2D eigenvalue weighted by atomic mass is 32.1. The predicted molar refractivity (Wildman–Crippen MR) is 77.3 cm³/mol. The Kier molecular flexibility index (Phi) is 4.87. The van der Waals surface area contributed by atoms with E-state index < -0.39 is 11.8 Å². The Hall–Kier alpha value is -1.72. The monoisotopic (exact) mass is 293 g/mol. The standard InChI is InChI=1S/C15H16FNO2S/c1-10(14-4-3-7-20-14)17-9-11-5-6-12(13(16)8-11)15(18)19-2/h3-8,10,17H,9H2,1-2H3. The lowest BCUT2D eigenvalue weighted by molar-refractivity contribution is 0.0595. The fraction of sp³-hybridized carbons (Fsp3) is 0.267. The van der Waals surface area contributed by atoms with E-state index in [-0.39, 0.29) is 11.6 Å². The summed E-state index contributed by atoms with van der Waals surface area (Å²) in [6.45, 7) is 2.60. The maximum atomic E-state index is 13.8. The predicted octanol–water partition coefficient (Wildman–Crippen LogP) is 3.52. The van der Waals surface area contributed by atoms with Crippen LogP contribution in [-0.4, -0.2) is 13.1 Å². The second-order valence-corrected chi connectivity index (χ2v) is 5.40. The fourth-order valence-electron chi connectivity index (χ4n) is 1.85. The second-order valence-electron chi connectivity index (χ2n) is 4.42. The molecule has 0 amide bonds. The highest BCUT2D eigenvalue weighted by Crippen LogP contribution is 2.19. The van der Waals surface area contributed by atoms with E-state index in [9.17, 15) is 9.18 Å². The van der Waals surface area contributed by atoms with E-state index in [4.69, 9.17) is 0 Å². The van der Waals surface area contributed by atoms with Crippen molar-refractivity contribution >= 4 is 17.3 Å². The molecular formula is C15H16FNO2S. The van der Waals surface area contributed by atoms with Crippen molar-refractivity contribution in [3.05, 3.63) is 57.5 Å². The van der Waals surface area contributed by atoms with Gasteiger partial charge in [-0.25, -0.2) is 9.18 Å². The molecule has 1 N–H and O–H groups in total. The first kappa shape index (κ1) is 14.7. The first-order valence-electron chi connectivity index (χ1n) is 6.25. The average Bonchev–Trinajstić information content (AvgIpc) is 2.98. The molecule has 0 saturated carbocycles. The van der Waals surface area contributed by atoms with Crippen LogP contribution in [0.25, 0.3) is 0 Å². The zero-order valence-corrected chi connectivity index (χ0v) is 12.2. The van der Waals surface area contributed by atoms with E-state index in [1.807, 2.05) is 11.4 Å². The quantitative estimate of drug-likeness (QED) is 0.857. The van der Waals surface area contributed by atoms with Crippen LogP contribution in [0.3, 0.4) is 0 Å². The number of esters is 1. The van der Waals surface area contributed by atoms with E-state index >= 15 is 0 Å². The van der Waals surface area contributed by atoms with Crippen molar-refractivity contribution in [3.8, 4) is 0 Å². The molecule has 0 aliphatic rings. The van der Waals surface area contributed by atoms with Gasteiger partial charge in [0, 0.05) is 17.5 Å². The van der Waals surface area contributed by atoms with Crippen LogP contribution < -0.4 is 5.32 Å². The van der Waals surface area contributed by atoms with E-state index in [0.717, 1.165) is 5.56 Å². The summed E-state index contributed by atoms with van der Waals surface area (Å²) >= 11 is 1.68. The molecule has 1 aromatic carbocycles. The number of hydrogen-bond donors (Lipinski definition) is 1. The third-order valence-corrected chi connectivity index (χ3v) is 4.08. The molecule has 1 unspecified atom stereocenters. The minimum atomic E-state index is -0.658. The van der Waals surface area contributed by atoms with Gasteiger partial charge in [-0.3, -0.25) is 0 Å². The van der Waals surface area contributed by atoms with Gasteiger partial charge in [-0.1, -0.05) is 12.1 Å². The zero-order chi connectivity index (χ0) is 14.5. The van der Waals surface area contributed by atoms with Crippen molar-refractivity contribution in [3.63, 3.8) is 0 Å². The molecule has 0 aliphatic carbocycles. The van der Waals surface area contributed by atoms with Gasteiger partial charge in [0.1, 0.15) is 5.82 Å². The first-order chi connectivity index (χ1) is 9.61. The maximum absolute atomic E-state index is 13.8. The summed E-state index contributed by atoms with van der Waals surface area (Å²) in [4.78, 5) is 12.5. The normalized spacial score (nSPS) is 12.2. The lowest BCUT2D eigenvalue weighted by atomic mass is 10.1. The summed E-state index contributed by atoms with van der Waals surface area (Å²) in [6, 6.07) is 8.81. The van der Waals surface area contributed by atoms with E-state index in [0.29, 0.717) is 6.54 Å². The number of thiophene rings is 1. The molecule has 1 heterocycles. The van der Waals surface area contributed by atoms with Crippen LogP contribution in [0.4, 0.5) is 4.39 Å². The molecule has 5 heteroatoms. The van der Waals surface area contributed by atoms with E-state index in [1.165, 1.54) is 24.1 Å². The number of rotatable bonds is 5. The SMILES string of the molecule is COC(=O)c1ccc(CNC(C)c2cccs2)cc1F. The van der Waals surface area contributed by atoms with Gasteiger partial charge in [-0.05, 0) is 36.1 Å². The smallest absolute Gasteiger partial charge is 0.340 e. The largest absolute Gasteiger partial charge is 0.465 e. The van der Waals surface area contributed by atoms with Crippen LogP contribution in [0.1, 0.15) is 33.8 Å². The number of ether oxygens (including phenoxy) is 1. The molecule has 0 saturated heterocycles. The minimum Gasteiger partial charge on any atom is -0.465 e. The lowest BCUT2D eigenvalue weighted by Gasteiger charge is -2.12. The topological polar surface area (TPSA) is 38.3 Å². The lowest BCUT2D eigenvalue weighted by Crippen LogP contribution is -2.17. The highest BCUT2D eigenvalue weighted by molar-refractivity contribution is 7.10. The second kappa shape index (κ2) is 6.63. The molecule has 3 nitrogen and oxygen atoms in total. The number of halogens is 1. The Morgan fingerprint density at radius 3 is 2.85 bits per heavy atom. The molecule has 2 aromatic rings. The van der Waals surface area contributed by atoms with Crippen molar-refractivity contribution in [2.75, 3.05) is 7.11 Å². The minimum absolute atomic E-state index is 0.0393. The van der Waals surface area contributed by atoms with E-state index in [1.54, 1.807) is 17.4 Å². The fourth-order valence-corrected chi connectivity index (χ4v) is 2.61. The van der Waals surface area contributed by atoms with Gasteiger partial charge in [0.2, 0.25) is 0 Å². The summed E-state index contributed by atoms with van der Waals surface area (Å²) in [6.07, 6.45) is 0. The van der Waals surface area contributed by atoms with Gasteiger partial charge >= 0.3 is 5.97 Å². The van der Waals surface area contributed by atoms with Gasteiger partial charge in [0.05, 0.1) is 12.7 Å². The average molecular weight is 293 g/mol. The molecule has 2 rings (SSSR count). The number of nitrogens with one attached hydrogen (secondary N) is 1. The summed E-state index contributed by atoms with van der Waals surface area (Å²) in [5, 5.41) is 5.34. The van der Waals surface area contributed by atoms with Crippen LogP contribution in [0.15, 0.2) is 35.7 Å². The molecule has 20 heavy (non-hydrogen) atoms. The molecule has 1 atom stereocenters. The van der Waals surface area contributed by atoms with Crippen molar-refractivity contribution in [2.24, 2.45) is 0 Å². The molecular weight excluding hydrogens is 277 g/mol. The summed E-state index contributed by atoms with van der Waals surface area (Å²) < 4.78 is 18.3. The summed E-state index contributed by atoms with van der Waals surface area (Å²) in [5.41, 5.74) is 0.751. The maximum Gasteiger partial charge on any atom is 0.340 e. The molecule has 0 spiro atoms. The Morgan fingerprint density at radius 1 is 1.45 bits per heavy atom. The van der Waals surface area contributed by atoms with Crippen LogP contribution in [0, 0.1) is 5.82 Å². The van der Waals surface area contributed by atoms with Crippen molar-refractivity contribution in [1.29, 1.82) is 0 Å². The van der Waals surface area contributed by atoms with Gasteiger partial charge in [0.25, 0.3) is 0 Å². The van der Waals surface area contributed by atoms with Gasteiger partial charge in [-0.2, -0.15) is 0 Å². The Labute approximate surface area is 121 Å². The third-order valence-electron chi connectivity index (χ3n) is 3.02. The molecule has 0 bridgehead atoms. The van der Waals surface area contributed by atoms with Gasteiger partial charge < -0.3 is 10.1 Å². The number of carbonyl (C=O) groups excluding carboxylic acids is 1. The van der Waals surface area contributed by atoms with Gasteiger partial charge in [-0.15, -0.1) is 11.3 Å². The van der Waals surface area contributed by atoms with Crippen LogP contribution in [0.2, 0.25) is 0 Å². The summed E-state index contributed by atoms with van der Waals surface area (Å²) in [7, 11) is 1.24. The molecule has 0 fully saturated rings. The van der Waals surface area contributed by atoms with E-state index in [2.05, 4.69) is 23.0 Å². The Morgan fingerprint density at radius 2 is 2.25 bits per heavy atom. The number of carbonyl (C=O) groups is 1. The molecule has 0 aliphatic heterocycles. The van der Waals surface area contributed by atoms with Crippen LogP contribution >= 0.6 is 11.3 Å². The Bertz CT molecular complexity index is 584. The number of hydrogen-bond acceptors (Lipinski definition) is 4. The van der Waals surface area contributed by atoms with Gasteiger partial charge in [0.15, 0.2) is 0 Å².